The fraction of sp³-hybridized carbons (Fsp3) is 0.385. The smallest absolute Gasteiger partial charge is 0.0416 e. The van der Waals surface area contributed by atoms with Gasteiger partial charge in [-0.05, 0) is 29.4 Å². The van der Waals surface area contributed by atoms with E-state index in [1.54, 1.807) is 0 Å². The molecule has 0 aliphatic heterocycles. The quantitative estimate of drug-likeness (QED) is 0.484. The van der Waals surface area contributed by atoms with E-state index in [9.17, 15) is 0 Å². The molecule has 1 saturated carbocycles. The van der Waals surface area contributed by atoms with E-state index in [1.807, 2.05) is 0 Å². The molecule has 0 aromatic heterocycles. The zero-order valence-corrected chi connectivity index (χ0v) is 8.74. The number of fused-ring (bicyclic) bond motifs is 5. The van der Waals surface area contributed by atoms with Crippen LogP contribution >= 0.6 is 11.6 Å². The summed E-state index contributed by atoms with van der Waals surface area (Å²) in [5.74, 6) is 1.74. The molecule has 14 heavy (non-hydrogen) atoms. The summed E-state index contributed by atoms with van der Waals surface area (Å²) in [4.78, 5) is 0. The first-order chi connectivity index (χ1) is 6.83. The van der Waals surface area contributed by atoms with E-state index < -0.39 is 0 Å². The minimum Gasteiger partial charge on any atom is -0.122 e. The molecule has 1 aromatic rings. The van der Waals surface area contributed by atoms with Crippen LogP contribution in [0.2, 0.25) is 0 Å². The van der Waals surface area contributed by atoms with Gasteiger partial charge in [-0.1, -0.05) is 30.3 Å². The fourth-order valence-corrected chi connectivity index (χ4v) is 3.73. The van der Waals surface area contributed by atoms with Crippen LogP contribution in [0.15, 0.2) is 36.9 Å². The van der Waals surface area contributed by atoms with E-state index in [4.69, 9.17) is 11.6 Å². The number of alkyl halides is 1. The van der Waals surface area contributed by atoms with Crippen LogP contribution in [0.1, 0.15) is 29.4 Å². The van der Waals surface area contributed by atoms with Crippen LogP contribution in [0.25, 0.3) is 0 Å². The van der Waals surface area contributed by atoms with Crippen molar-refractivity contribution in [3.63, 3.8) is 0 Å². The Kier molecular flexibility index (Phi) is 1.75. The number of hydrogen-bond donors (Lipinski definition) is 0. The van der Waals surface area contributed by atoms with Gasteiger partial charge >= 0.3 is 0 Å². The van der Waals surface area contributed by atoms with Gasteiger partial charge in [0.05, 0.1) is 0 Å². The van der Waals surface area contributed by atoms with Crippen LogP contribution in [-0.2, 0) is 0 Å². The molecule has 3 rings (SSSR count). The molecule has 1 heteroatoms. The van der Waals surface area contributed by atoms with Crippen molar-refractivity contribution in [2.45, 2.75) is 23.6 Å². The van der Waals surface area contributed by atoms with E-state index in [0.29, 0.717) is 23.1 Å². The van der Waals surface area contributed by atoms with E-state index in [-0.39, 0.29) is 0 Å². The Balaban J connectivity index is 2.17. The highest BCUT2D eigenvalue weighted by Gasteiger charge is 2.49. The summed E-state index contributed by atoms with van der Waals surface area (Å²) in [5, 5.41) is 0.317. The van der Waals surface area contributed by atoms with Gasteiger partial charge in [0, 0.05) is 11.3 Å². The van der Waals surface area contributed by atoms with Crippen molar-refractivity contribution in [2.75, 3.05) is 0 Å². The van der Waals surface area contributed by atoms with E-state index in [2.05, 4.69) is 36.9 Å². The summed E-state index contributed by atoms with van der Waals surface area (Å²) in [6.45, 7) is 3.94. The Morgan fingerprint density at radius 1 is 1.29 bits per heavy atom. The summed E-state index contributed by atoms with van der Waals surface area (Å²) in [5.41, 5.74) is 2.98. The van der Waals surface area contributed by atoms with Crippen LogP contribution in [0.3, 0.4) is 0 Å². The third-order valence-electron chi connectivity index (χ3n) is 3.77. The topological polar surface area (TPSA) is 0 Å². The second-order valence-electron chi connectivity index (χ2n) is 4.33. The molecule has 72 valence electrons. The summed E-state index contributed by atoms with van der Waals surface area (Å²) in [6, 6.07) is 8.72. The fourth-order valence-electron chi connectivity index (χ4n) is 3.24. The van der Waals surface area contributed by atoms with Crippen molar-refractivity contribution >= 4 is 11.6 Å². The Bertz CT molecular complexity index is 383. The molecule has 4 atom stereocenters. The summed E-state index contributed by atoms with van der Waals surface area (Å²) < 4.78 is 0. The lowest BCUT2D eigenvalue weighted by Gasteiger charge is -2.18. The monoisotopic (exact) mass is 204 g/mol. The normalized spacial score (nSPS) is 38.4. The Hall–Kier alpha value is -0.750. The number of rotatable bonds is 1. The van der Waals surface area contributed by atoms with Gasteiger partial charge in [-0.2, -0.15) is 0 Å². The Morgan fingerprint density at radius 2 is 2.00 bits per heavy atom. The van der Waals surface area contributed by atoms with Crippen molar-refractivity contribution in [2.24, 2.45) is 5.92 Å². The van der Waals surface area contributed by atoms with E-state index in [1.165, 1.54) is 11.1 Å². The molecule has 0 radical (unpaired) electrons. The predicted octanol–water partition coefficient (Wildman–Crippen LogP) is 3.68. The van der Waals surface area contributed by atoms with Gasteiger partial charge in [0.1, 0.15) is 0 Å². The van der Waals surface area contributed by atoms with Crippen molar-refractivity contribution in [1.82, 2.24) is 0 Å². The second-order valence-corrected chi connectivity index (χ2v) is 4.89. The highest BCUT2D eigenvalue weighted by Crippen LogP contribution is 2.59. The molecule has 0 nitrogen and oxygen atoms in total. The second kappa shape index (κ2) is 2.87. The van der Waals surface area contributed by atoms with Gasteiger partial charge in [0.15, 0.2) is 0 Å². The zero-order valence-electron chi connectivity index (χ0n) is 7.99. The van der Waals surface area contributed by atoms with Gasteiger partial charge in [-0.25, -0.2) is 0 Å². The maximum Gasteiger partial charge on any atom is 0.0416 e. The average Bonchev–Trinajstić information content (AvgIpc) is 2.69. The van der Waals surface area contributed by atoms with Crippen LogP contribution < -0.4 is 0 Å². The SMILES string of the molecule is C=C[C@@H]1[C@@H]2c3ccccc3[C@H]1C[C@H]2Cl. The maximum absolute atomic E-state index is 6.36. The molecule has 0 N–H and O–H groups in total. The highest BCUT2D eigenvalue weighted by atomic mass is 35.5. The molecule has 2 aliphatic carbocycles. The number of benzene rings is 1. The van der Waals surface area contributed by atoms with Gasteiger partial charge < -0.3 is 0 Å². The molecule has 1 fully saturated rings. The molecular weight excluding hydrogens is 192 g/mol. The van der Waals surface area contributed by atoms with Crippen molar-refractivity contribution in [3.05, 3.63) is 48.0 Å². The van der Waals surface area contributed by atoms with Gasteiger partial charge in [-0.3, -0.25) is 0 Å². The largest absolute Gasteiger partial charge is 0.122 e. The molecule has 2 bridgehead atoms. The summed E-state index contributed by atoms with van der Waals surface area (Å²) in [7, 11) is 0. The Labute approximate surface area is 89.6 Å². The minimum absolute atomic E-state index is 0.317. The van der Waals surface area contributed by atoms with Gasteiger partial charge in [0.2, 0.25) is 0 Å². The molecule has 0 saturated heterocycles. The number of hydrogen-bond acceptors (Lipinski definition) is 0. The van der Waals surface area contributed by atoms with Crippen LogP contribution in [0.5, 0.6) is 0 Å². The molecule has 0 heterocycles. The third-order valence-corrected chi connectivity index (χ3v) is 4.22. The molecule has 2 aliphatic rings. The van der Waals surface area contributed by atoms with Crippen LogP contribution in [-0.4, -0.2) is 5.38 Å². The van der Waals surface area contributed by atoms with E-state index >= 15 is 0 Å². The standard InChI is InChI=1S/C13H13Cl/c1-2-8-11-7-12(14)13(8)10-6-4-3-5-9(10)11/h2-6,8,11-13H,1,7H2/t8-,11-,12+,13+/m0/s1. The lowest BCUT2D eigenvalue weighted by atomic mass is 9.92. The first-order valence-corrected chi connectivity index (χ1v) is 5.62. The lowest BCUT2D eigenvalue weighted by Crippen LogP contribution is -2.10. The summed E-state index contributed by atoms with van der Waals surface area (Å²) >= 11 is 6.36. The van der Waals surface area contributed by atoms with Crippen molar-refractivity contribution in [3.8, 4) is 0 Å². The number of allylic oxidation sites excluding steroid dienone is 1. The first-order valence-electron chi connectivity index (χ1n) is 5.18. The molecule has 0 amide bonds. The maximum atomic E-state index is 6.36. The van der Waals surface area contributed by atoms with Gasteiger partial charge in [0.25, 0.3) is 0 Å². The van der Waals surface area contributed by atoms with Gasteiger partial charge in [-0.15, -0.1) is 18.2 Å². The first kappa shape index (κ1) is 8.55. The van der Waals surface area contributed by atoms with Crippen LogP contribution in [0, 0.1) is 5.92 Å². The summed E-state index contributed by atoms with van der Waals surface area (Å²) in [6.07, 6.45) is 3.22. The molecule has 0 spiro atoms. The molecular formula is C13H13Cl. The Morgan fingerprint density at radius 3 is 2.71 bits per heavy atom. The van der Waals surface area contributed by atoms with Crippen LogP contribution in [0.4, 0.5) is 0 Å². The minimum atomic E-state index is 0.317. The highest BCUT2D eigenvalue weighted by molar-refractivity contribution is 6.21. The van der Waals surface area contributed by atoms with Crippen molar-refractivity contribution in [1.29, 1.82) is 0 Å². The predicted molar refractivity (Wildman–Crippen MR) is 59.9 cm³/mol. The molecule has 0 unspecified atom stereocenters. The number of halogens is 1. The molecule has 1 aromatic carbocycles. The van der Waals surface area contributed by atoms with Crippen molar-refractivity contribution < 1.29 is 0 Å². The van der Waals surface area contributed by atoms with E-state index in [0.717, 1.165) is 6.42 Å². The average molecular weight is 205 g/mol. The lowest BCUT2D eigenvalue weighted by molar-refractivity contribution is 0.596. The third kappa shape index (κ3) is 0.899. The zero-order chi connectivity index (χ0) is 9.71.